The zero-order valence-corrected chi connectivity index (χ0v) is 9.52. The van der Waals surface area contributed by atoms with Gasteiger partial charge in [-0.1, -0.05) is 0 Å². The Kier molecular flexibility index (Phi) is 4.60. The first-order valence-electron chi connectivity index (χ1n) is 5.27. The number of carbonyl (C=O) groups excluding carboxylic acids is 3. The number of imide groups is 1. The molecule has 3 amide bonds. The summed E-state index contributed by atoms with van der Waals surface area (Å²) in [6, 6.07) is 1.42. The van der Waals surface area contributed by atoms with Crippen molar-refractivity contribution in [2.24, 2.45) is 0 Å². The van der Waals surface area contributed by atoms with Crippen LogP contribution in [0.15, 0.2) is 0 Å². The molecule has 17 heavy (non-hydrogen) atoms. The van der Waals surface area contributed by atoms with Crippen molar-refractivity contribution in [1.82, 2.24) is 15.5 Å². The molecule has 2 N–H and O–H groups in total. The van der Waals surface area contributed by atoms with Gasteiger partial charge in [-0.2, -0.15) is 5.26 Å². The number of nitrogens with zero attached hydrogens (tertiary/aromatic N) is 2. The standard InChI is InChI=1S/C10H14N4O3/c1-7-10(17)14(9(16)5-13-7)6-8(15)12-4-2-3-11/h7,13H,2,4-6H2,1H3,(H,12,15). The van der Waals surface area contributed by atoms with Crippen LogP contribution in [0.3, 0.4) is 0 Å². The van der Waals surface area contributed by atoms with Crippen LogP contribution in [0.2, 0.25) is 0 Å². The molecule has 1 unspecified atom stereocenters. The van der Waals surface area contributed by atoms with Crippen molar-refractivity contribution < 1.29 is 14.4 Å². The van der Waals surface area contributed by atoms with Crippen molar-refractivity contribution in [1.29, 1.82) is 5.26 Å². The van der Waals surface area contributed by atoms with Crippen LogP contribution < -0.4 is 10.6 Å². The highest BCUT2D eigenvalue weighted by molar-refractivity contribution is 6.03. The second kappa shape index (κ2) is 5.96. The molecule has 7 heteroatoms. The van der Waals surface area contributed by atoms with Crippen LogP contribution in [0.4, 0.5) is 0 Å². The molecule has 1 atom stereocenters. The monoisotopic (exact) mass is 238 g/mol. The van der Waals surface area contributed by atoms with Gasteiger partial charge in [-0.15, -0.1) is 0 Å². The maximum absolute atomic E-state index is 11.6. The summed E-state index contributed by atoms with van der Waals surface area (Å²) in [5, 5.41) is 13.5. The summed E-state index contributed by atoms with van der Waals surface area (Å²) in [6.07, 6.45) is 0.200. The van der Waals surface area contributed by atoms with Crippen LogP contribution in [0.5, 0.6) is 0 Å². The fourth-order valence-electron chi connectivity index (χ4n) is 1.40. The average Bonchev–Trinajstić information content (AvgIpc) is 2.30. The Bertz CT molecular complexity index is 374. The number of nitrogens with one attached hydrogen (secondary N) is 2. The topological polar surface area (TPSA) is 102 Å². The van der Waals surface area contributed by atoms with Crippen LogP contribution in [0.25, 0.3) is 0 Å². The van der Waals surface area contributed by atoms with E-state index in [-0.39, 0.29) is 26.1 Å². The Morgan fingerprint density at radius 2 is 2.35 bits per heavy atom. The molecule has 0 aliphatic carbocycles. The van der Waals surface area contributed by atoms with Crippen molar-refractivity contribution >= 4 is 17.7 Å². The Hall–Kier alpha value is -1.94. The van der Waals surface area contributed by atoms with Gasteiger partial charge in [-0.3, -0.25) is 24.6 Å². The van der Waals surface area contributed by atoms with Crippen LogP contribution in [-0.4, -0.2) is 48.3 Å². The normalized spacial score (nSPS) is 20.0. The highest BCUT2D eigenvalue weighted by Crippen LogP contribution is 2.01. The third kappa shape index (κ3) is 3.53. The minimum absolute atomic E-state index is 0.0540. The van der Waals surface area contributed by atoms with Gasteiger partial charge >= 0.3 is 0 Å². The van der Waals surface area contributed by atoms with E-state index < -0.39 is 23.8 Å². The molecule has 92 valence electrons. The van der Waals surface area contributed by atoms with Gasteiger partial charge in [0.05, 0.1) is 25.1 Å². The first-order valence-corrected chi connectivity index (χ1v) is 5.27. The van der Waals surface area contributed by atoms with Gasteiger partial charge in [-0.05, 0) is 6.92 Å². The summed E-state index contributed by atoms with van der Waals surface area (Å²) in [5.74, 6) is -1.25. The smallest absolute Gasteiger partial charge is 0.246 e. The second-order valence-corrected chi connectivity index (χ2v) is 3.68. The Morgan fingerprint density at radius 3 is 3.00 bits per heavy atom. The van der Waals surface area contributed by atoms with E-state index in [1.54, 1.807) is 6.92 Å². The van der Waals surface area contributed by atoms with Gasteiger partial charge < -0.3 is 5.32 Å². The predicted octanol–water partition coefficient (Wildman–Crippen LogP) is -1.64. The van der Waals surface area contributed by atoms with Crippen LogP contribution in [-0.2, 0) is 14.4 Å². The van der Waals surface area contributed by atoms with E-state index in [4.69, 9.17) is 5.26 Å². The van der Waals surface area contributed by atoms with E-state index in [9.17, 15) is 14.4 Å². The lowest BCUT2D eigenvalue weighted by atomic mass is 10.2. The molecule has 0 saturated carbocycles. The summed E-state index contributed by atoms with van der Waals surface area (Å²) >= 11 is 0. The number of nitriles is 1. The molecule has 0 spiro atoms. The third-order valence-electron chi connectivity index (χ3n) is 2.36. The number of rotatable bonds is 4. The molecule has 0 radical (unpaired) electrons. The number of carbonyl (C=O) groups is 3. The fourth-order valence-corrected chi connectivity index (χ4v) is 1.40. The van der Waals surface area contributed by atoms with Gasteiger partial charge in [0.25, 0.3) is 0 Å². The Morgan fingerprint density at radius 1 is 1.65 bits per heavy atom. The molecule has 0 bridgehead atoms. The zero-order chi connectivity index (χ0) is 12.8. The van der Waals surface area contributed by atoms with Crippen LogP contribution in [0, 0.1) is 11.3 Å². The highest BCUT2D eigenvalue weighted by atomic mass is 16.2. The average molecular weight is 238 g/mol. The Labute approximate surface area is 98.8 Å². The lowest BCUT2D eigenvalue weighted by molar-refractivity contribution is -0.151. The molecule has 1 saturated heterocycles. The first-order chi connectivity index (χ1) is 8.06. The molecule has 0 aromatic rings. The van der Waals surface area contributed by atoms with Crippen molar-refractivity contribution in [2.45, 2.75) is 19.4 Å². The lowest BCUT2D eigenvalue weighted by Gasteiger charge is -2.29. The number of amides is 3. The van der Waals surface area contributed by atoms with E-state index >= 15 is 0 Å². The maximum atomic E-state index is 11.6. The molecule has 0 aromatic carbocycles. The largest absolute Gasteiger partial charge is 0.354 e. The summed E-state index contributed by atoms with van der Waals surface area (Å²) in [7, 11) is 0. The number of piperazine rings is 1. The summed E-state index contributed by atoms with van der Waals surface area (Å²) < 4.78 is 0. The molecule has 7 nitrogen and oxygen atoms in total. The van der Waals surface area contributed by atoms with Crippen molar-refractivity contribution in [3.63, 3.8) is 0 Å². The Balaban J connectivity index is 2.48. The first kappa shape index (κ1) is 13.1. The SMILES string of the molecule is CC1NCC(=O)N(CC(=O)NCCC#N)C1=O. The third-order valence-corrected chi connectivity index (χ3v) is 2.36. The minimum atomic E-state index is -0.459. The summed E-state index contributed by atoms with van der Waals surface area (Å²) in [4.78, 5) is 35.4. The quantitative estimate of drug-likeness (QED) is 0.452. The van der Waals surface area contributed by atoms with Crippen LogP contribution in [0.1, 0.15) is 13.3 Å². The second-order valence-electron chi connectivity index (χ2n) is 3.68. The van der Waals surface area contributed by atoms with Gasteiger partial charge in [0.15, 0.2) is 0 Å². The van der Waals surface area contributed by atoms with E-state index in [1.807, 2.05) is 6.07 Å². The van der Waals surface area contributed by atoms with Gasteiger partial charge in [0.1, 0.15) is 6.54 Å². The summed E-state index contributed by atoms with van der Waals surface area (Å²) in [6.45, 7) is 1.63. The van der Waals surface area contributed by atoms with Crippen LogP contribution >= 0.6 is 0 Å². The molecule has 1 fully saturated rings. The van der Waals surface area contributed by atoms with E-state index in [0.717, 1.165) is 4.90 Å². The van der Waals surface area contributed by atoms with Gasteiger partial charge in [-0.25, -0.2) is 0 Å². The van der Waals surface area contributed by atoms with E-state index in [2.05, 4.69) is 10.6 Å². The molecule has 1 aliphatic rings. The zero-order valence-electron chi connectivity index (χ0n) is 9.52. The van der Waals surface area contributed by atoms with Crippen molar-refractivity contribution in [3.05, 3.63) is 0 Å². The highest BCUT2D eigenvalue weighted by Gasteiger charge is 2.32. The minimum Gasteiger partial charge on any atom is -0.354 e. The molecular formula is C10H14N4O3. The molecule has 1 rings (SSSR count). The van der Waals surface area contributed by atoms with Crippen molar-refractivity contribution in [3.8, 4) is 6.07 Å². The maximum Gasteiger partial charge on any atom is 0.246 e. The molecule has 1 aliphatic heterocycles. The van der Waals surface area contributed by atoms with E-state index in [1.165, 1.54) is 0 Å². The molecule has 1 heterocycles. The predicted molar refractivity (Wildman–Crippen MR) is 57.4 cm³/mol. The van der Waals surface area contributed by atoms with Gasteiger partial charge in [0, 0.05) is 6.54 Å². The van der Waals surface area contributed by atoms with Gasteiger partial charge in [0.2, 0.25) is 17.7 Å². The fraction of sp³-hybridized carbons (Fsp3) is 0.600. The molecular weight excluding hydrogens is 224 g/mol. The number of hydrogen-bond acceptors (Lipinski definition) is 5. The van der Waals surface area contributed by atoms with E-state index in [0.29, 0.717) is 0 Å². The lowest BCUT2D eigenvalue weighted by Crippen LogP contribution is -2.58. The summed E-state index contributed by atoms with van der Waals surface area (Å²) in [5.41, 5.74) is 0. The van der Waals surface area contributed by atoms with Crippen molar-refractivity contribution in [2.75, 3.05) is 19.6 Å². The number of hydrogen-bond donors (Lipinski definition) is 2. The molecule has 0 aromatic heterocycles.